The van der Waals surface area contributed by atoms with Gasteiger partial charge in [-0.15, -0.1) is 0 Å². The molecule has 0 atom stereocenters. The predicted octanol–water partition coefficient (Wildman–Crippen LogP) is 3.62. The second-order valence-electron chi connectivity index (χ2n) is 6.50. The van der Waals surface area contributed by atoms with Crippen molar-refractivity contribution in [2.75, 3.05) is 26.2 Å². The maximum Gasteiger partial charge on any atom is 0.253 e. The molecule has 0 aromatic heterocycles. The van der Waals surface area contributed by atoms with E-state index >= 15 is 0 Å². The zero-order valence-corrected chi connectivity index (χ0v) is 14.3. The van der Waals surface area contributed by atoms with Gasteiger partial charge in [0.05, 0.1) is 0 Å². The highest BCUT2D eigenvalue weighted by Gasteiger charge is 2.21. The Morgan fingerprint density at radius 2 is 1.84 bits per heavy atom. The van der Waals surface area contributed by atoms with E-state index < -0.39 is 11.6 Å². The molecular formula is C20H22F2N2O. The van der Waals surface area contributed by atoms with Gasteiger partial charge < -0.3 is 4.90 Å². The van der Waals surface area contributed by atoms with Crippen LogP contribution in [0.5, 0.6) is 0 Å². The molecule has 1 aliphatic heterocycles. The van der Waals surface area contributed by atoms with E-state index in [0.717, 1.165) is 24.6 Å². The van der Waals surface area contributed by atoms with Crippen LogP contribution in [0.1, 0.15) is 27.9 Å². The zero-order valence-electron chi connectivity index (χ0n) is 14.3. The van der Waals surface area contributed by atoms with Crippen LogP contribution in [-0.2, 0) is 6.54 Å². The lowest BCUT2D eigenvalue weighted by Crippen LogP contribution is -2.35. The van der Waals surface area contributed by atoms with Crippen molar-refractivity contribution in [3.8, 4) is 0 Å². The van der Waals surface area contributed by atoms with Gasteiger partial charge in [-0.05, 0) is 31.5 Å². The monoisotopic (exact) mass is 344 g/mol. The summed E-state index contributed by atoms with van der Waals surface area (Å²) >= 11 is 0. The maximum atomic E-state index is 13.9. The smallest absolute Gasteiger partial charge is 0.253 e. The van der Waals surface area contributed by atoms with E-state index in [1.54, 1.807) is 6.07 Å². The molecule has 0 radical (unpaired) electrons. The number of hydrogen-bond acceptors (Lipinski definition) is 2. The summed E-state index contributed by atoms with van der Waals surface area (Å²) in [6.45, 7) is 4.99. The lowest BCUT2D eigenvalue weighted by molar-refractivity contribution is 0.0761. The van der Waals surface area contributed by atoms with Crippen molar-refractivity contribution >= 4 is 5.91 Å². The summed E-state index contributed by atoms with van der Waals surface area (Å²) in [7, 11) is 0. The molecule has 2 aromatic carbocycles. The number of halogens is 2. The third-order valence-corrected chi connectivity index (χ3v) is 4.57. The molecule has 1 aliphatic rings. The molecule has 0 aliphatic carbocycles. The molecule has 3 rings (SSSR count). The molecule has 25 heavy (non-hydrogen) atoms. The highest BCUT2D eigenvalue weighted by atomic mass is 19.2. The summed E-state index contributed by atoms with van der Waals surface area (Å²) in [6, 6.07) is 11.8. The second kappa shape index (κ2) is 7.74. The standard InChI is InChI=1S/C20H22F2N2O/c1-15-5-2-6-16(13-15)20(25)24-10-4-9-23(11-12-24)14-17-7-3-8-18(21)19(17)22/h2-3,5-8,13H,4,9-12,14H2,1H3. The van der Waals surface area contributed by atoms with Crippen molar-refractivity contribution in [2.45, 2.75) is 19.9 Å². The number of carbonyl (C=O) groups is 1. The largest absolute Gasteiger partial charge is 0.337 e. The number of hydrogen-bond donors (Lipinski definition) is 0. The highest BCUT2D eigenvalue weighted by Crippen LogP contribution is 2.16. The molecule has 1 heterocycles. The van der Waals surface area contributed by atoms with E-state index in [0.29, 0.717) is 37.3 Å². The summed E-state index contributed by atoms with van der Waals surface area (Å²) in [6.07, 6.45) is 0.814. The number of benzene rings is 2. The van der Waals surface area contributed by atoms with E-state index in [9.17, 15) is 13.6 Å². The van der Waals surface area contributed by atoms with Crippen LogP contribution in [0.4, 0.5) is 8.78 Å². The van der Waals surface area contributed by atoms with E-state index in [1.165, 1.54) is 6.07 Å². The fraction of sp³-hybridized carbons (Fsp3) is 0.350. The first-order valence-electron chi connectivity index (χ1n) is 8.56. The van der Waals surface area contributed by atoms with Crippen molar-refractivity contribution in [1.29, 1.82) is 0 Å². The fourth-order valence-electron chi connectivity index (χ4n) is 3.20. The molecule has 5 heteroatoms. The summed E-state index contributed by atoms with van der Waals surface area (Å²) in [5.74, 6) is -1.56. The Kier molecular flexibility index (Phi) is 5.43. The van der Waals surface area contributed by atoms with Crippen molar-refractivity contribution in [2.24, 2.45) is 0 Å². The zero-order chi connectivity index (χ0) is 17.8. The minimum absolute atomic E-state index is 0.0301. The van der Waals surface area contributed by atoms with Gasteiger partial charge in [-0.25, -0.2) is 8.78 Å². The normalized spacial score (nSPS) is 15.9. The summed E-state index contributed by atoms with van der Waals surface area (Å²) in [5, 5.41) is 0. The first-order chi connectivity index (χ1) is 12.0. The molecule has 1 amide bonds. The van der Waals surface area contributed by atoms with Crippen LogP contribution in [0.25, 0.3) is 0 Å². The molecule has 0 bridgehead atoms. The van der Waals surface area contributed by atoms with Crippen LogP contribution < -0.4 is 0 Å². The summed E-state index contributed by atoms with van der Waals surface area (Å²) < 4.78 is 27.2. The molecule has 2 aromatic rings. The number of amides is 1. The molecule has 1 fully saturated rings. The topological polar surface area (TPSA) is 23.6 Å². The fourth-order valence-corrected chi connectivity index (χ4v) is 3.20. The number of nitrogens with zero attached hydrogens (tertiary/aromatic N) is 2. The van der Waals surface area contributed by atoms with Gasteiger partial charge in [-0.1, -0.05) is 29.8 Å². The molecule has 1 saturated heterocycles. The van der Waals surface area contributed by atoms with E-state index in [2.05, 4.69) is 4.90 Å². The van der Waals surface area contributed by atoms with Crippen molar-refractivity contribution in [3.63, 3.8) is 0 Å². The molecule has 132 valence electrons. The lowest BCUT2D eigenvalue weighted by Gasteiger charge is -2.22. The maximum absolute atomic E-state index is 13.9. The molecular weight excluding hydrogens is 322 g/mol. The van der Waals surface area contributed by atoms with E-state index in [1.807, 2.05) is 36.1 Å². The Morgan fingerprint density at radius 1 is 1.04 bits per heavy atom. The van der Waals surface area contributed by atoms with Gasteiger partial charge in [0.2, 0.25) is 0 Å². The Balaban J connectivity index is 1.64. The van der Waals surface area contributed by atoms with Gasteiger partial charge in [0.15, 0.2) is 11.6 Å². The van der Waals surface area contributed by atoms with Crippen molar-refractivity contribution in [3.05, 3.63) is 70.8 Å². The minimum Gasteiger partial charge on any atom is -0.337 e. The van der Waals surface area contributed by atoms with Gasteiger partial charge in [-0.3, -0.25) is 9.69 Å². The Labute approximate surface area is 146 Å². The van der Waals surface area contributed by atoms with Crippen LogP contribution in [0.15, 0.2) is 42.5 Å². The summed E-state index contributed by atoms with van der Waals surface area (Å²) in [4.78, 5) is 16.6. The van der Waals surface area contributed by atoms with Crippen LogP contribution in [0, 0.1) is 18.6 Å². The van der Waals surface area contributed by atoms with E-state index in [4.69, 9.17) is 0 Å². The molecule has 0 N–H and O–H groups in total. The minimum atomic E-state index is -0.816. The number of rotatable bonds is 3. The van der Waals surface area contributed by atoms with E-state index in [-0.39, 0.29) is 5.91 Å². The van der Waals surface area contributed by atoms with Crippen molar-refractivity contribution < 1.29 is 13.6 Å². The summed E-state index contributed by atoms with van der Waals surface area (Å²) in [5.41, 5.74) is 2.12. The SMILES string of the molecule is Cc1cccc(C(=O)N2CCCN(Cc3cccc(F)c3F)CC2)c1. The van der Waals surface area contributed by atoms with Gasteiger partial charge in [0, 0.05) is 43.9 Å². The van der Waals surface area contributed by atoms with Gasteiger partial charge in [-0.2, -0.15) is 0 Å². The number of aryl methyl sites for hydroxylation is 1. The second-order valence-corrected chi connectivity index (χ2v) is 6.50. The van der Waals surface area contributed by atoms with Gasteiger partial charge in [0.1, 0.15) is 0 Å². The van der Waals surface area contributed by atoms with Crippen LogP contribution in [0.2, 0.25) is 0 Å². The average Bonchev–Trinajstić information content (AvgIpc) is 2.84. The van der Waals surface area contributed by atoms with Crippen LogP contribution in [-0.4, -0.2) is 41.9 Å². The third kappa shape index (κ3) is 4.23. The van der Waals surface area contributed by atoms with Crippen LogP contribution >= 0.6 is 0 Å². The quantitative estimate of drug-likeness (QED) is 0.849. The molecule has 3 nitrogen and oxygen atoms in total. The molecule has 0 unspecified atom stereocenters. The Hall–Kier alpha value is -2.27. The molecule has 0 spiro atoms. The highest BCUT2D eigenvalue weighted by molar-refractivity contribution is 5.94. The third-order valence-electron chi connectivity index (χ3n) is 4.57. The number of carbonyl (C=O) groups excluding carboxylic acids is 1. The first-order valence-corrected chi connectivity index (χ1v) is 8.56. The van der Waals surface area contributed by atoms with Crippen LogP contribution in [0.3, 0.4) is 0 Å². The van der Waals surface area contributed by atoms with Crippen molar-refractivity contribution in [1.82, 2.24) is 9.80 Å². The predicted molar refractivity (Wildman–Crippen MR) is 93.3 cm³/mol. The van der Waals surface area contributed by atoms with Gasteiger partial charge >= 0.3 is 0 Å². The van der Waals surface area contributed by atoms with Gasteiger partial charge in [0.25, 0.3) is 5.91 Å². The Morgan fingerprint density at radius 3 is 2.64 bits per heavy atom. The first kappa shape index (κ1) is 17.5. The molecule has 0 saturated carbocycles. The Bertz CT molecular complexity index is 763. The lowest BCUT2D eigenvalue weighted by atomic mass is 10.1. The average molecular weight is 344 g/mol.